The van der Waals surface area contributed by atoms with Crippen LogP contribution in [-0.4, -0.2) is 11.8 Å². The van der Waals surface area contributed by atoms with Crippen LogP contribution in [0.2, 0.25) is 0 Å². The van der Waals surface area contributed by atoms with Crippen LogP contribution in [0.5, 0.6) is 0 Å². The zero-order valence-electron chi connectivity index (χ0n) is 11.2. The maximum atomic E-state index is 12.2. The van der Waals surface area contributed by atoms with Crippen molar-refractivity contribution >= 4 is 17.5 Å². The third kappa shape index (κ3) is 2.15. The second-order valence-electron chi connectivity index (χ2n) is 4.75. The van der Waals surface area contributed by atoms with E-state index in [-0.39, 0.29) is 17.9 Å². The van der Waals surface area contributed by atoms with Crippen molar-refractivity contribution in [2.24, 2.45) is 0 Å². The van der Waals surface area contributed by atoms with Crippen molar-refractivity contribution in [3.8, 4) is 6.07 Å². The van der Waals surface area contributed by atoms with Gasteiger partial charge in [0.2, 0.25) is 5.91 Å². The van der Waals surface area contributed by atoms with Crippen molar-refractivity contribution in [2.45, 2.75) is 27.2 Å². The van der Waals surface area contributed by atoms with Gasteiger partial charge >= 0.3 is 0 Å². The van der Waals surface area contributed by atoms with Crippen molar-refractivity contribution in [3.05, 3.63) is 40.5 Å². The second kappa shape index (κ2) is 4.69. The number of nitriles is 1. The summed E-state index contributed by atoms with van der Waals surface area (Å²) in [5.41, 5.74) is 3.23. The molecular formula is C15H14N2O2. The van der Waals surface area contributed by atoms with Gasteiger partial charge < -0.3 is 0 Å². The van der Waals surface area contributed by atoms with Crippen LogP contribution in [0.1, 0.15) is 24.5 Å². The Morgan fingerprint density at radius 1 is 1.16 bits per heavy atom. The van der Waals surface area contributed by atoms with E-state index in [0.717, 1.165) is 16.0 Å². The van der Waals surface area contributed by atoms with Crippen LogP contribution in [0.4, 0.5) is 5.69 Å². The molecule has 96 valence electrons. The van der Waals surface area contributed by atoms with E-state index in [2.05, 4.69) is 0 Å². The fraction of sp³-hybridized carbons (Fsp3) is 0.267. The highest BCUT2D eigenvalue weighted by atomic mass is 16.2. The number of hydrogen-bond donors (Lipinski definition) is 0. The van der Waals surface area contributed by atoms with Crippen LogP contribution < -0.4 is 4.90 Å². The van der Waals surface area contributed by atoms with E-state index in [4.69, 9.17) is 5.26 Å². The summed E-state index contributed by atoms with van der Waals surface area (Å²) in [7, 11) is 0. The maximum absolute atomic E-state index is 12.2. The molecular weight excluding hydrogens is 240 g/mol. The number of carbonyl (C=O) groups is 2. The van der Waals surface area contributed by atoms with Crippen molar-refractivity contribution in [3.63, 3.8) is 0 Å². The van der Waals surface area contributed by atoms with Gasteiger partial charge in [-0.05, 0) is 49.6 Å². The molecule has 0 radical (unpaired) electrons. The lowest BCUT2D eigenvalue weighted by molar-refractivity contribution is -0.125. The molecule has 0 N–H and O–H groups in total. The minimum atomic E-state index is -0.528. The number of nitrogens with zero attached hydrogens (tertiary/aromatic N) is 2. The molecule has 1 heterocycles. The van der Waals surface area contributed by atoms with Gasteiger partial charge in [0.1, 0.15) is 11.6 Å². The Bertz CT molecular complexity index is 651. The van der Waals surface area contributed by atoms with E-state index in [1.54, 1.807) is 19.1 Å². The average Bonchev–Trinajstić information content (AvgIpc) is 2.33. The average molecular weight is 254 g/mol. The van der Waals surface area contributed by atoms with Gasteiger partial charge in [0.25, 0.3) is 5.91 Å². The fourth-order valence-electron chi connectivity index (χ4n) is 2.07. The Balaban J connectivity index is 2.51. The number of carbonyl (C=O) groups excluding carboxylic acids is 2. The van der Waals surface area contributed by atoms with Gasteiger partial charge in [0, 0.05) is 0 Å². The molecule has 0 saturated carbocycles. The molecule has 0 spiro atoms. The topological polar surface area (TPSA) is 61.2 Å². The van der Waals surface area contributed by atoms with E-state index in [0.29, 0.717) is 11.3 Å². The zero-order valence-corrected chi connectivity index (χ0v) is 11.2. The summed E-state index contributed by atoms with van der Waals surface area (Å²) in [6, 6.07) is 7.27. The summed E-state index contributed by atoms with van der Waals surface area (Å²) >= 11 is 0. The largest absolute Gasteiger partial charge is 0.275 e. The first-order valence-electron chi connectivity index (χ1n) is 6.00. The second-order valence-corrected chi connectivity index (χ2v) is 4.75. The van der Waals surface area contributed by atoms with Crippen molar-refractivity contribution in [1.82, 2.24) is 0 Å². The third-order valence-corrected chi connectivity index (χ3v) is 3.37. The Hall–Kier alpha value is -2.41. The van der Waals surface area contributed by atoms with Crippen molar-refractivity contribution in [2.75, 3.05) is 4.90 Å². The summed E-state index contributed by atoms with van der Waals surface area (Å²) in [5.74, 6) is -0.816. The van der Waals surface area contributed by atoms with E-state index in [1.807, 2.05) is 26.0 Å². The quantitative estimate of drug-likeness (QED) is 0.723. The molecule has 0 bridgehead atoms. The molecule has 0 saturated heterocycles. The Labute approximate surface area is 111 Å². The summed E-state index contributed by atoms with van der Waals surface area (Å²) in [4.78, 5) is 25.3. The maximum Gasteiger partial charge on any atom is 0.275 e. The lowest BCUT2D eigenvalue weighted by Gasteiger charge is -2.26. The lowest BCUT2D eigenvalue weighted by atomic mass is 9.99. The van der Waals surface area contributed by atoms with Crippen LogP contribution in [0.3, 0.4) is 0 Å². The molecule has 1 aliphatic rings. The normalized spacial score (nSPS) is 15.8. The van der Waals surface area contributed by atoms with Gasteiger partial charge in [-0.1, -0.05) is 6.07 Å². The molecule has 0 atom stereocenters. The predicted molar refractivity (Wildman–Crippen MR) is 71.3 cm³/mol. The first-order valence-corrected chi connectivity index (χ1v) is 6.00. The van der Waals surface area contributed by atoms with Gasteiger partial charge in [-0.25, -0.2) is 4.90 Å². The van der Waals surface area contributed by atoms with Gasteiger partial charge in [-0.15, -0.1) is 0 Å². The van der Waals surface area contributed by atoms with Crippen LogP contribution in [0.15, 0.2) is 29.3 Å². The molecule has 19 heavy (non-hydrogen) atoms. The van der Waals surface area contributed by atoms with E-state index < -0.39 is 5.91 Å². The molecule has 0 aliphatic carbocycles. The van der Waals surface area contributed by atoms with Crippen LogP contribution >= 0.6 is 0 Å². The van der Waals surface area contributed by atoms with E-state index in [9.17, 15) is 9.59 Å². The summed E-state index contributed by atoms with van der Waals surface area (Å²) < 4.78 is 0. The number of imide groups is 1. The minimum absolute atomic E-state index is 0.0674. The lowest BCUT2D eigenvalue weighted by Crippen LogP contribution is -2.41. The molecule has 1 aliphatic heterocycles. The molecule has 4 heteroatoms. The number of rotatable bonds is 1. The Kier molecular flexibility index (Phi) is 3.22. The molecule has 1 aromatic rings. The highest BCUT2D eigenvalue weighted by Gasteiger charge is 2.32. The van der Waals surface area contributed by atoms with E-state index >= 15 is 0 Å². The standard InChI is InChI=1S/C15H14N2O2/c1-9-4-5-12(6-10(9)2)17-14(18)7-11(3)13(8-16)15(17)19/h4-6H,7H2,1-3H3. The Morgan fingerprint density at radius 2 is 1.84 bits per heavy atom. The first kappa shape index (κ1) is 13.0. The SMILES string of the molecule is CC1=C(C#N)C(=O)N(c2ccc(C)c(C)c2)C(=O)C1. The smallest absolute Gasteiger partial charge is 0.274 e. The highest BCUT2D eigenvalue weighted by Crippen LogP contribution is 2.27. The molecule has 4 nitrogen and oxygen atoms in total. The van der Waals surface area contributed by atoms with Crippen LogP contribution in [-0.2, 0) is 9.59 Å². The van der Waals surface area contributed by atoms with Crippen molar-refractivity contribution < 1.29 is 9.59 Å². The number of hydrogen-bond acceptors (Lipinski definition) is 3. The number of amides is 2. The molecule has 2 rings (SSSR count). The van der Waals surface area contributed by atoms with Gasteiger partial charge in [-0.3, -0.25) is 9.59 Å². The minimum Gasteiger partial charge on any atom is -0.274 e. The van der Waals surface area contributed by atoms with Gasteiger partial charge in [-0.2, -0.15) is 5.26 Å². The summed E-state index contributed by atoms with van der Waals surface area (Å²) in [6.07, 6.45) is 0.113. The molecule has 1 aromatic carbocycles. The zero-order chi connectivity index (χ0) is 14.2. The number of aryl methyl sites for hydroxylation is 2. The van der Waals surface area contributed by atoms with Crippen LogP contribution in [0, 0.1) is 25.2 Å². The van der Waals surface area contributed by atoms with Gasteiger partial charge in [0.05, 0.1) is 12.1 Å². The molecule has 0 fully saturated rings. The van der Waals surface area contributed by atoms with Crippen LogP contribution in [0.25, 0.3) is 0 Å². The molecule has 0 aromatic heterocycles. The Morgan fingerprint density at radius 3 is 2.42 bits per heavy atom. The number of anilines is 1. The summed E-state index contributed by atoms with van der Waals surface area (Å²) in [6.45, 7) is 5.53. The highest BCUT2D eigenvalue weighted by molar-refractivity contribution is 6.25. The third-order valence-electron chi connectivity index (χ3n) is 3.37. The van der Waals surface area contributed by atoms with Gasteiger partial charge in [0.15, 0.2) is 0 Å². The number of benzene rings is 1. The summed E-state index contributed by atoms with van der Waals surface area (Å²) in [5, 5.41) is 9.01. The fourth-order valence-corrected chi connectivity index (χ4v) is 2.07. The van der Waals surface area contributed by atoms with E-state index in [1.165, 1.54) is 0 Å². The predicted octanol–water partition coefficient (Wildman–Crippen LogP) is 2.41. The van der Waals surface area contributed by atoms with Crippen molar-refractivity contribution in [1.29, 1.82) is 5.26 Å². The molecule has 2 amide bonds. The molecule has 0 unspecified atom stereocenters. The first-order chi connectivity index (χ1) is 8.95. The monoisotopic (exact) mass is 254 g/mol.